The Hall–Kier alpha value is -1.86. The number of aromatic nitrogens is 2. The molecule has 3 rings (SSSR count). The highest BCUT2D eigenvalue weighted by atomic mass is 35.5. The Kier molecular flexibility index (Phi) is 4.88. The van der Waals surface area contributed by atoms with Crippen LogP contribution in [-0.4, -0.2) is 41.7 Å². The van der Waals surface area contributed by atoms with Crippen LogP contribution in [0.1, 0.15) is 42.2 Å². The molecule has 0 saturated carbocycles. The van der Waals surface area contributed by atoms with Gasteiger partial charge in [-0.2, -0.15) is 5.10 Å². The molecule has 0 bridgehead atoms. The van der Waals surface area contributed by atoms with E-state index in [1.165, 1.54) is 6.20 Å². The molecule has 1 N–H and O–H groups in total. The zero-order valence-corrected chi connectivity index (χ0v) is 15.6. The molecule has 1 atom stereocenters. The van der Waals surface area contributed by atoms with Gasteiger partial charge in [-0.1, -0.05) is 31.5 Å². The number of carbonyl (C=O) groups excluding carboxylic acids is 1. The van der Waals surface area contributed by atoms with Crippen molar-refractivity contribution in [3.8, 4) is 5.69 Å². The summed E-state index contributed by atoms with van der Waals surface area (Å²) in [6.07, 6.45) is 1.97. The molecule has 1 fully saturated rings. The first kappa shape index (κ1) is 17.9. The summed E-state index contributed by atoms with van der Waals surface area (Å²) in [6.45, 7) is 3.96. The minimum absolute atomic E-state index is 0.00180. The average Bonchev–Trinajstić information content (AvgIpc) is 3.10. The van der Waals surface area contributed by atoms with Gasteiger partial charge >= 0.3 is 0 Å². The number of rotatable bonds is 4. The van der Waals surface area contributed by atoms with E-state index in [1.54, 1.807) is 16.8 Å². The van der Waals surface area contributed by atoms with Crippen molar-refractivity contribution >= 4 is 27.3 Å². The molecule has 2 aromatic rings. The van der Waals surface area contributed by atoms with E-state index in [2.05, 4.69) is 10.4 Å². The molecule has 1 saturated heterocycles. The van der Waals surface area contributed by atoms with Gasteiger partial charge in [0.1, 0.15) is 0 Å². The summed E-state index contributed by atoms with van der Waals surface area (Å²) in [5, 5.41) is 7.76. The Labute approximate surface area is 152 Å². The Morgan fingerprint density at radius 1 is 1.40 bits per heavy atom. The van der Waals surface area contributed by atoms with Gasteiger partial charge in [-0.05, 0) is 30.5 Å². The molecule has 0 radical (unpaired) electrons. The van der Waals surface area contributed by atoms with Gasteiger partial charge in [0.05, 0.1) is 34.6 Å². The zero-order chi connectivity index (χ0) is 18.2. The fourth-order valence-corrected chi connectivity index (χ4v) is 4.93. The largest absolute Gasteiger partial charge is 0.348 e. The molecular weight excluding hydrogens is 362 g/mol. The number of nitrogens with one attached hydrogen (secondary N) is 1. The van der Waals surface area contributed by atoms with E-state index in [0.29, 0.717) is 17.0 Å². The van der Waals surface area contributed by atoms with Crippen LogP contribution in [0.4, 0.5) is 0 Å². The van der Waals surface area contributed by atoms with E-state index in [1.807, 2.05) is 26.0 Å². The van der Waals surface area contributed by atoms with E-state index in [-0.39, 0.29) is 29.4 Å². The topological polar surface area (TPSA) is 81.1 Å². The first-order chi connectivity index (χ1) is 11.8. The summed E-state index contributed by atoms with van der Waals surface area (Å²) >= 11 is 6.06. The molecule has 2 heterocycles. The Morgan fingerprint density at radius 3 is 2.76 bits per heavy atom. The van der Waals surface area contributed by atoms with Crippen LogP contribution >= 0.6 is 11.6 Å². The van der Waals surface area contributed by atoms with E-state index in [0.717, 1.165) is 11.4 Å². The predicted molar refractivity (Wildman–Crippen MR) is 97.2 cm³/mol. The Morgan fingerprint density at radius 2 is 2.16 bits per heavy atom. The number of hydrogen-bond donors (Lipinski definition) is 1. The summed E-state index contributed by atoms with van der Waals surface area (Å²) < 4.78 is 24.9. The molecule has 1 unspecified atom stereocenters. The molecule has 1 aromatic carbocycles. The minimum Gasteiger partial charge on any atom is -0.348 e. The number of halogens is 1. The highest BCUT2D eigenvalue weighted by Gasteiger charge is 2.30. The van der Waals surface area contributed by atoms with Gasteiger partial charge in [-0.15, -0.1) is 0 Å². The van der Waals surface area contributed by atoms with Gasteiger partial charge in [0.2, 0.25) is 0 Å². The maximum absolute atomic E-state index is 12.7. The normalized spacial score (nSPS) is 19.3. The van der Waals surface area contributed by atoms with Gasteiger partial charge in [0, 0.05) is 11.1 Å². The number of sulfone groups is 1. The van der Waals surface area contributed by atoms with Gasteiger partial charge in [0.25, 0.3) is 5.91 Å². The summed E-state index contributed by atoms with van der Waals surface area (Å²) in [5.41, 5.74) is 2.00. The second-order valence-electron chi connectivity index (χ2n) is 6.56. The first-order valence-corrected chi connectivity index (χ1v) is 10.3. The second kappa shape index (κ2) is 6.80. The third kappa shape index (κ3) is 3.88. The fourth-order valence-electron chi connectivity index (χ4n) is 3.07. The number of benzene rings is 1. The highest BCUT2D eigenvalue weighted by molar-refractivity contribution is 7.91. The van der Waals surface area contributed by atoms with Crippen molar-refractivity contribution in [1.29, 1.82) is 0 Å². The van der Waals surface area contributed by atoms with E-state index in [4.69, 9.17) is 11.6 Å². The molecule has 8 heteroatoms. The third-order valence-electron chi connectivity index (χ3n) is 4.22. The lowest BCUT2D eigenvalue weighted by Gasteiger charge is -2.15. The molecular formula is C17H20ClN3O3S. The quantitative estimate of drug-likeness (QED) is 0.882. The van der Waals surface area contributed by atoms with Crippen LogP contribution < -0.4 is 5.32 Å². The van der Waals surface area contributed by atoms with Crippen molar-refractivity contribution in [3.05, 3.63) is 46.7 Å². The standard InChI is InChI=1S/C17H20ClN3O3S/c1-11(2)16-15(17(22)20-13-6-7-25(23,24)10-13)9-19-21(16)14-5-3-4-12(18)8-14/h3-5,8-9,11,13H,6-7,10H2,1-2H3,(H,20,22). The van der Waals surface area contributed by atoms with Gasteiger partial charge in [0.15, 0.2) is 9.84 Å². The van der Waals surface area contributed by atoms with E-state index in [9.17, 15) is 13.2 Å². The van der Waals surface area contributed by atoms with Crippen molar-refractivity contribution in [2.45, 2.75) is 32.2 Å². The third-order valence-corrected chi connectivity index (χ3v) is 6.22. The zero-order valence-electron chi connectivity index (χ0n) is 14.1. The monoisotopic (exact) mass is 381 g/mol. The summed E-state index contributed by atoms with van der Waals surface area (Å²) in [4.78, 5) is 12.7. The number of carbonyl (C=O) groups is 1. The lowest BCUT2D eigenvalue weighted by atomic mass is 10.0. The van der Waals surface area contributed by atoms with Crippen LogP contribution in [0.2, 0.25) is 5.02 Å². The van der Waals surface area contributed by atoms with Crippen molar-refractivity contribution < 1.29 is 13.2 Å². The molecule has 0 aliphatic carbocycles. The van der Waals surface area contributed by atoms with Gasteiger partial charge in [-0.3, -0.25) is 4.79 Å². The van der Waals surface area contributed by atoms with E-state index >= 15 is 0 Å². The molecule has 1 amide bonds. The first-order valence-electron chi connectivity index (χ1n) is 8.12. The molecule has 6 nitrogen and oxygen atoms in total. The van der Waals surface area contributed by atoms with Crippen molar-refractivity contribution in [3.63, 3.8) is 0 Å². The maximum Gasteiger partial charge on any atom is 0.255 e. The van der Waals surface area contributed by atoms with E-state index < -0.39 is 9.84 Å². The fraction of sp³-hybridized carbons (Fsp3) is 0.412. The van der Waals surface area contributed by atoms with Crippen LogP contribution in [0.25, 0.3) is 5.69 Å². The summed E-state index contributed by atoms with van der Waals surface area (Å²) in [7, 11) is -3.04. The molecule has 1 aliphatic heterocycles. The molecule has 1 aromatic heterocycles. The SMILES string of the molecule is CC(C)c1c(C(=O)NC2CCS(=O)(=O)C2)cnn1-c1cccc(Cl)c1. The van der Waals surface area contributed by atoms with Crippen LogP contribution in [0.15, 0.2) is 30.5 Å². The molecule has 25 heavy (non-hydrogen) atoms. The van der Waals surface area contributed by atoms with Gasteiger partial charge < -0.3 is 5.32 Å². The number of nitrogens with zero attached hydrogens (tertiary/aromatic N) is 2. The van der Waals surface area contributed by atoms with Crippen molar-refractivity contribution in [1.82, 2.24) is 15.1 Å². The highest BCUT2D eigenvalue weighted by Crippen LogP contribution is 2.25. The van der Waals surface area contributed by atoms with Crippen molar-refractivity contribution in [2.24, 2.45) is 0 Å². The molecule has 0 spiro atoms. The Bertz CT molecular complexity index is 906. The van der Waals surface area contributed by atoms with Crippen molar-refractivity contribution in [2.75, 3.05) is 11.5 Å². The number of hydrogen-bond acceptors (Lipinski definition) is 4. The smallest absolute Gasteiger partial charge is 0.255 e. The van der Waals surface area contributed by atoms with Crippen LogP contribution in [-0.2, 0) is 9.84 Å². The predicted octanol–water partition coefficient (Wildman–Crippen LogP) is 2.57. The lowest BCUT2D eigenvalue weighted by molar-refractivity contribution is 0.0939. The minimum atomic E-state index is -3.04. The second-order valence-corrected chi connectivity index (χ2v) is 9.23. The molecule has 134 valence electrons. The van der Waals surface area contributed by atoms with Crippen LogP contribution in [0.3, 0.4) is 0 Å². The molecule has 1 aliphatic rings. The number of amides is 1. The maximum atomic E-state index is 12.7. The van der Waals surface area contributed by atoms with Crippen LogP contribution in [0.5, 0.6) is 0 Å². The van der Waals surface area contributed by atoms with Crippen LogP contribution in [0, 0.1) is 0 Å². The lowest BCUT2D eigenvalue weighted by Crippen LogP contribution is -2.36. The summed E-state index contributed by atoms with van der Waals surface area (Å²) in [5.74, 6) is -0.122. The summed E-state index contributed by atoms with van der Waals surface area (Å²) in [6, 6.07) is 6.92. The van der Waals surface area contributed by atoms with Gasteiger partial charge in [-0.25, -0.2) is 13.1 Å². The average molecular weight is 382 g/mol. The Balaban J connectivity index is 1.90.